The van der Waals surface area contributed by atoms with Crippen molar-refractivity contribution >= 4 is 0 Å². The molecule has 1 aliphatic heterocycles. The van der Waals surface area contributed by atoms with Crippen LogP contribution in [0.25, 0.3) is 0 Å². The minimum absolute atomic E-state index is 0.101. The van der Waals surface area contributed by atoms with E-state index in [9.17, 15) is 4.79 Å². The van der Waals surface area contributed by atoms with Gasteiger partial charge in [-0.3, -0.25) is 4.79 Å². The smallest absolute Gasteiger partial charge is 0.250 e. The van der Waals surface area contributed by atoms with Crippen molar-refractivity contribution in [1.82, 2.24) is 9.88 Å². The van der Waals surface area contributed by atoms with E-state index in [1.165, 1.54) is 24.8 Å². The summed E-state index contributed by atoms with van der Waals surface area (Å²) in [6, 6.07) is 3.86. The van der Waals surface area contributed by atoms with Gasteiger partial charge in [0.05, 0.1) is 0 Å². The zero-order chi connectivity index (χ0) is 10.5. The molecule has 1 saturated carbocycles. The summed E-state index contributed by atoms with van der Waals surface area (Å²) < 4.78 is 1.62. The van der Waals surface area contributed by atoms with E-state index >= 15 is 0 Å². The Labute approximate surface area is 89.1 Å². The van der Waals surface area contributed by atoms with Crippen molar-refractivity contribution in [2.24, 2.45) is 7.05 Å². The van der Waals surface area contributed by atoms with E-state index in [4.69, 9.17) is 0 Å². The molecule has 1 atom stereocenters. The van der Waals surface area contributed by atoms with Gasteiger partial charge < -0.3 is 9.88 Å². The molecule has 2 heterocycles. The van der Waals surface area contributed by atoms with Crippen LogP contribution in [0.1, 0.15) is 30.7 Å². The lowest BCUT2D eigenvalue weighted by molar-refractivity contribution is 0.594. The van der Waals surface area contributed by atoms with Gasteiger partial charge in [0.2, 0.25) is 0 Å². The second kappa shape index (κ2) is 2.95. The topological polar surface area (TPSA) is 34.0 Å². The van der Waals surface area contributed by atoms with E-state index in [0.717, 1.165) is 6.54 Å². The van der Waals surface area contributed by atoms with Crippen LogP contribution in [0.4, 0.5) is 0 Å². The first-order valence-electron chi connectivity index (χ1n) is 5.60. The van der Waals surface area contributed by atoms with Crippen LogP contribution in [0.2, 0.25) is 0 Å². The highest BCUT2D eigenvalue weighted by Gasteiger charge is 2.48. The summed E-state index contributed by atoms with van der Waals surface area (Å²) in [5.74, 6) is 0.543. The maximum Gasteiger partial charge on any atom is 0.250 e. The van der Waals surface area contributed by atoms with Crippen LogP contribution in [0.3, 0.4) is 0 Å². The summed E-state index contributed by atoms with van der Waals surface area (Å²) in [5, 5.41) is 3.58. The maximum atomic E-state index is 11.5. The number of nitrogens with one attached hydrogen (secondary N) is 1. The summed E-state index contributed by atoms with van der Waals surface area (Å²) >= 11 is 0. The highest BCUT2D eigenvalue weighted by Crippen LogP contribution is 2.47. The van der Waals surface area contributed by atoms with E-state index in [0.29, 0.717) is 11.5 Å². The van der Waals surface area contributed by atoms with Crippen LogP contribution in [-0.2, 0) is 7.05 Å². The Morgan fingerprint density at radius 1 is 1.53 bits per heavy atom. The molecule has 1 saturated heterocycles. The molecule has 3 nitrogen and oxygen atoms in total. The molecule has 1 aromatic heterocycles. The van der Waals surface area contributed by atoms with Crippen molar-refractivity contribution in [1.29, 1.82) is 0 Å². The molecule has 1 spiro atoms. The molecule has 3 rings (SSSR count). The molecule has 0 radical (unpaired) electrons. The molecule has 2 fully saturated rings. The summed E-state index contributed by atoms with van der Waals surface area (Å²) in [5.41, 5.74) is 1.75. The molecule has 1 aliphatic carbocycles. The Hall–Kier alpha value is -1.09. The summed E-state index contributed by atoms with van der Waals surface area (Å²) in [7, 11) is 1.79. The van der Waals surface area contributed by atoms with E-state index in [2.05, 4.69) is 11.4 Å². The van der Waals surface area contributed by atoms with E-state index in [-0.39, 0.29) is 5.56 Å². The number of pyridine rings is 1. The average molecular weight is 204 g/mol. The predicted molar refractivity (Wildman–Crippen MR) is 59.0 cm³/mol. The van der Waals surface area contributed by atoms with Gasteiger partial charge in [0.1, 0.15) is 0 Å². The molecule has 3 heteroatoms. The lowest BCUT2D eigenvalue weighted by atomic mass is 9.96. The van der Waals surface area contributed by atoms with Gasteiger partial charge in [-0.2, -0.15) is 0 Å². The predicted octanol–water partition coefficient (Wildman–Crippen LogP) is 0.995. The number of hydrogen-bond donors (Lipinski definition) is 1. The highest BCUT2D eigenvalue weighted by molar-refractivity contribution is 5.23. The van der Waals surface area contributed by atoms with Crippen molar-refractivity contribution in [2.45, 2.75) is 30.7 Å². The molecule has 1 aromatic rings. The number of rotatable bonds is 1. The van der Waals surface area contributed by atoms with E-state index in [1.54, 1.807) is 17.7 Å². The molecular weight excluding hydrogens is 188 g/mol. The third-order valence-electron chi connectivity index (χ3n) is 3.81. The molecule has 80 valence electrons. The van der Waals surface area contributed by atoms with Crippen molar-refractivity contribution < 1.29 is 0 Å². The minimum Gasteiger partial charge on any atom is -0.319 e. The van der Waals surface area contributed by atoms with Crippen molar-refractivity contribution in [3.63, 3.8) is 0 Å². The zero-order valence-electron chi connectivity index (χ0n) is 8.99. The van der Waals surface area contributed by atoms with Crippen LogP contribution in [0.5, 0.6) is 0 Å². The first-order chi connectivity index (χ1) is 7.19. The lowest BCUT2D eigenvalue weighted by Crippen LogP contribution is -2.22. The highest BCUT2D eigenvalue weighted by atomic mass is 16.1. The fraction of sp³-hybridized carbons (Fsp3) is 0.583. The molecule has 0 bridgehead atoms. The van der Waals surface area contributed by atoms with E-state index in [1.807, 2.05) is 6.20 Å². The molecule has 2 aliphatic rings. The number of hydrogen-bond acceptors (Lipinski definition) is 2. The zero-order valence-corrected chi connectivity index (χ0v) is 8.99. The van der Waals surface area contributed by atoms with Crippen LogP contribution >= 0.6 is 0 Å². The van der Waals surface area contributed by atoms with Crippen LogP contribution in [0, 0.1) is 0 Å². The third kappa shape index (κ3) is 1.51. The first kappa shape index (κ1) is 9.16. The fourth-order valence-corrected chi connectivity index (χ4v) is 2.54. The molecule has 15 heavy (non-hydrogen) atoms. The van der Waals surface area contributed by atoms with Gasteiger partial charge in [-0.05, 0) is 36.8 Å². The van der Waals surface area contributed by atoms with Crippen molar-refractivity contribution in [3.05, 3.63) is 34.2 Å². The molecule has 0 aromatic carbocycles. The Bertz CT molecular complexity index is 445. The van der Waals surface area contributed by atoms with E-state index < -0.39 is 0 Å². The number of aromatic nitrogens is 1. The van der Waals surface area contributed by atoms with Gasteiger partial charge >= 0.3 is 0 Å². The standard InChI is InChI=1S/C12H16N2O/c1-14-5-2-9(6-11(14)15)10-7-12(3-4-12)13-8-10/h2,5-6,10,13H,3-4,7-8H2,1H3/t10-/m1/s1. The Morgan fingerprint density at radius 2 is 2.33 bits per heavy atom. The second-order valence-corrected chi connectivity index (χ2v) is 4.97. The average Bonchev–Trinajstić information content (AvgIpc) is 2.82. The van der Waals surface area contributed by atoms with Crippen LogP contribution in [0.15, 0.2) is 23.1 Å². The molecule has 0 amide bonds. The third-order valence-corrected chi connectivity index (χ3v) is 3.81. The summed E-state index contributed by atoms with van der Waals surface area (Å²) in [4.78, 5) is 11.5. The molecule has 0 unspecified atom stereocenters. The molecule has 1 N–H and O–H groups in total. The quantitative estimate of drug-likeness (QED) is 0.740. The Balaban J connectivity index is 1.87. The largest absolute Gasteiger partial charge is 0.319 e. The van der Waals surface area contributed by atoms with Gasteiger partial charge in [0.25, 0.3) is 5.56 Å². The first-order valence-corrected chi connectivity index (χ1v) is 5.60. The fourth-order valence-electron chi connectivity index (χ4n) is 2.54. The van der Waals surface area contributed by atoms with Gasteiger partial charge in [0.15, 0.2) is 0 Å². The van der Waals surface area contributed by atoms with Gasteiger partial charge in [0, 0.05) is 31.4 Å². The summed E-state index contributed by atoms with van der Waals surface area (Å²) in [6.45, 7) is 1.03. The number of aryl methyl sites for hydroxylation is 1. The molecular formula is C12H16N2O. The monoisotopic (exact) mass is 204 g/mol. The van der Waals surface area contributed by atoms with Gasteiger partial charge in [-0.25, -0.2) is 0 Å². The van der Waals surface area contributed by atoms with Gasteiger partial charge in [-0.1, -0.05) is 0 Å². The Kier molecular flexibility index (Phi) is 1.80. The van der Waals surface area contributed by atoms with Crippen molar-refractivity contribution in [2.75, 3.05) is 6.54 Å². The van der Waals surface area contributed by atoms with Crippen LogP contribution in [-0.4, -0.2) is 16.7 Å². The SMILES string of the molecule is Cn1ccc([C@H]2CNC3(CC3)C2)cc1=O. The van der Waals surface area contributed by atoms with Gasteiger partial charge in [-0.15, -0.1) is 0 Å². The second-order valence-electron chi connectivity index (χ2n) is 4.97. The summed E-state index contributed by atoms with van der Waals surface area (Å²) in [6.07, 6.45) is 5.71. The number of nitrogens with zero attached hydrogens (tertiary/aromatic N) is 1. The Morgan fingerprint density at radius 3 is 2.93 bits per heavy atom. The minimum atomic E-state index is 0.101. The van der Waals surface area contributed by atoms with Crippen molar-refractivity contribution in [3.8, 4) is 0 Å². The maximum absolute atomic E-state index is 11.5. The lowest BCUT2D eigenvalue weighted by Gasteiger charge is -2.09. The van der Waals surface area contributed by atoms with Crippen LogP contribution < -0.4 is 10.9 Å². The normalized spacial score (nSPS) is 27.1.